The number of hydrogen-bond donors (Lipinski definition) is 2. The van der Waals surface area contributed by atoms with E-state index in [9.17, 15) is 22.8 Å². The molecule has 2 atom stereocenters. The van der Waals surface area contributed by atoms with E-state index in [1.807, 2.05) is 0 Å². The van der Waals surface area contributed by atoms with E-state index in [1.54, 1.807) is 36.9 Å². The zero-order chi connectivity index (χ0) is 26.8. The third-order valence-corrected chi connectivity index (χ3v) is 7.47. The zero-order valence-electron chi connectivity index (χ0n) is 21.4. The van der Waals surface area contributed by atoms with Crippen LogP contribution in [0.15, 0.2) is 42.6 Å². The maximum Gasteiger partial charge on any atom is 0.417 e. The molecule has 2 aromatic rings. The van der Waals surface area contributed by atoms with Gasteiger partial charge in [0.05, 0.1) is 22.8 Å². The van der Waals surface area contributed by atoms with Crippen LogP contribution in [0.3, 0.4) is 0 Å². The first-order valence-corrected chi connectivity index (χ1v) is 13.0. The fraction of sp³-hybridized carbons (Fsp3) is 0.536. The second-order valence-corrected chi connectivity index (χ2v) is 10.8. The number of aromatic nitrogens is 1. The summed E-state index contributed by atoms with van der Waals surface area (Å²) < 4.78 is 40.9. The SMILES string of the molecule is CC(C)(N)C(=O)NC(C(=O)N1CCCC1c1ccnc(-c2ccccc2C(F)(F)F)c1)C1CCCCC1. The summed E-state index contributed by atoms with van der Waals surface area (Å²) in [5, 5.41) is 2.94. The lowest BCUT2D eigenvalue weighted by atomic mass is 9.82. The molecule has 2 amide bonds. The Kier molecular flexibility index (Phi) is 7.92. The molecule has 9 heteroatoms. The third-order valence-electron chi connectivity index (χ3n) is 7.47. The van der Waals surface area contributed by atoms with Crippen LogP contribution in [0.4, 0.5) is 13.2 Å². The van der Waals surface area contributed by atoms with Crippen LogP contribution in [0.2, 0.25) is 0 Å². The summed E-state index contributed by atoms with van der Waals surface area (Å²) in [5.41, 5.74) is 5.11. The Morgan fingerprint density at radius 3 is 2.43 bits per heavy atom. The van der Waals surface area contributed by atoms with Gasteiger partial charge >= 0.3 is 6.18 Å². The van der Waals surface area contributed by atoms with Crippen LogP contribution in [0.25, 0.3) is 11.3 Å². The first-order chi connectivity index (χ1) is 17.5. The normalized spacial score (nSPS) is 20.1. The lowest BCUT2D eigenvalue weighted by molar-refractivity contribution is -0.140. The summed E-state index contributed by atoms with van der Waals surface area (Å²) >= 11 is 0. The van der Waals surface area contributed by atoms with Gasteiger partial charge in [0.25, 0.3) is 0 Å². The van der Waals surface area contributed by atoms with Crippen molar-refractivity contribution in [2.24, 2.45) is 11.7 Å². The molecule has 1 aromatic carbocycles. The minimum atomic E-state index is -4.51. The van der Waals surface area contributed by atoms with E-state index < -0.39 is 23.3 Å². The number of alkyl halides is 3. The first-order valence-electron chi connectivity index (χ1n) is 13.0. The number of nitrogens with one attached hydrogen (secondary N) is 1. The minimum absolute atomic E-state index is 0.00486. The summed E-state index contributed by atoms with van der Waals surface area (Å²) in [7, 11) is 0. The average molecular weight is 517 g/mol. The molecule has 2 aliphatic rings. The number of carbonyl (C=O) groups excluding carboxylic acids is 2. The van der Waals surface area contributed by atoms with Gasteiger partial charge in [-0.15, -0.1) is 0 Å². The van der Waals surface area contributed by atoms with Crippen molar-refractivity contribution in [3.8, 4) is 11.3 Å². The molecule has 0 spiro atoms. The third kappa shape index (κ3) is 6.14. The zero-order valence-corrected chi connectivity index (χ0v) is 21.4. The van der Waals surface area contributed by atoms with Crippen molar-refractivity contribution in [3.63, 3.8) is 0 Å². The fourth-order valence-corrected chi connectivity index (χ4v) is 5.49. The Morgan fingerprint density at radius 2 is 1.76 bits per heavy atom. The van der Waals surface area contributed by atoms with Gasteiger partial charge in [-0.2, -0.15) is 13.2 Å². The molecule has 0 bridgehead atoms. The standard InChI is InChI=1S/C28H35F3N4O2/c1-27(2,32)26(37)34-24(18-9-4-3-5-10-18)25(36)35-16-8-13-23(35)19-14-15-33-22(17-19)20-11-6-7-12-21(20)28(29,30)31/h6-7,11-12,14-15,17-18,23-24H,3-5,8-10,13,16,32H2,1-2H3,(H,34,37). The predicted molar refractivity (Wildman–Crippen MR) is 135 cm³/mol. The van der Waals surface area contributed by atoms with Crippen LogP contribution in [0.1, 0.15) is 76.0 Å². The molecule has 1 aliphatic carbocycles. The molecule has 1 aliphatic heterocycles. The summed E-state index contributed by atoms with van der Waals surface area (Å²) in [4.78, 5) is 32.7. The molecule has 37 heavy (non-hydrogen) atoms. The molecule has 3 N–H and O–H groups in total. The Balaban J connectivity index is 1.63. The van der Waals surface area contributed by atoms with Gasteiger partial charge in [0, 0.05) is 18.3 Å². The molecule has 1 saturated heterocycles. The molecule has 2 heterocycles. The Bertz CT molecular complexity index is 1120. The van der Waals surface area contributed by atoms with Crippen LogP contribution in [0, 0.1) is 5.92 Å². The van der Waals surface area contributed by atoms with Crippen molar-refractivity contribution < 1.29 is 22.8 Å². The van der Waals surface area contributed by atoms with E-state index in [0.29, 0.717) is 13.0 Å². The van der Waals surface area contributed by atoms with Crippen molar-refractivity contribution in [1.82, 2.24) is 15.2 Å². The number of benzene rings is 1. The van der Waals surface area contributed by atoms with Gasteiger partial charge in [0.2, 0.25) is 11.8 Å². The lowest BCUT2D eigenvalue weighted by Crippen LogP contribution is -2.58. The highest BCUT2D eigenvalue weighted by Gasteiger charge is 2.40. The van der Waals surface area contributed by atoms with Gasteiger partial charge < -0.3 is 16.0 Å². The number of carbonyl (C=O) groups is 2. The van der Waals surface area contributed by atoms with Gasteiger partial charge in [-0.3, -0.25) is 14.6 Å². The fourth-order valence-electron chi connectivity index (χ4n) is 5.49. The highest BCUT2D eigenvalue weighted by molar-refractivity contribution is 5.92. The van der Waals surface area contributed by atoms with Gasteiger partial charge in [-0.1, -0.05) is 37.5 Å². The van der Waals surface area contributed by atoms with Gasteiger partial charge in [-0.25, -0.2) is 0 Å². The van der Waals surface area contributed by atoms with Crippen LogP contribution < -0.4 is 11.1 Å². The summed E-state index contributed by atoms with van der Waals surface area (Å²) in [6.07, 6.45) is 3.27. The van der Waals surface area contributed by atoms with Crippen molar-refractivity contribution in [1.29, 1.82) is 0 Å². The van der Waals surface area contributed by atoms with E-state index >= 15 is 0 Å². The van der Waals surface area contributed by atoms with E-state index in [4.69, 9.17) is 5.73 Å². The number of nitrogens with zero attached hydrogens (tertiary/aromatic N) is 2. The molecular weight excluding hydrogens is 481 g/mol. The second kappa shape index (κ2) is 10.8. The summed E-state index contributed by atoms with van der Waals surface area (Å²) in [5.74, 6) is -0.497. The van der Waals surface area contributed by atoms with Crippen LogP contribution in [0.5, 0.6) is 0 Å². The van der Waals surface area contributed by atoms with Crippen LogP contribution in [-0.2, 0) is 15.8 Å². The highest BCUT2D eigenvalue weighted by Crippen LogP contribution is 2.39. The number of nitrogens with two attached hydrogens (primary N) is 1. The minimum Gasteiger partial charge on any atom is -0.342 e. The Labute approximate surface area is 215 Å². The summed E-state index contributed by atoms with van der Waals surface area (Å²) in [6, 6.07) is 7.80. The Hall–Kier alpha value is -2.94. The van der Waals surface area contributed by atoms with E-state index in [0.717, 1.165) is 50.2 Å². The quantitative estimate of drug-likeness (QED) is 0.550. The van der Waals surface area contributed by atoms with Crippen molar-refractivity contribution >= 4 is 11.8 Å². The van der Waals surface area contributed by atoms with Crippen molar-refractivity contribution in [3.05, 3.63) is 53.7 Å². The molecule has 0 radical (unpaired) electrons. The molecule has 6 nitrogen and oxygen atoms in total. The molecule has 1 saturated carbocycles. The Morgan fingerprint density at radius 1 is 1.05 bits per heavy atom. The van der Waals surface area contributed by atoms with Crippen LogP contribution in [-0.4, -0.2) is 39.8 Å². The van der Waals surface area contributed by atoms with Crippen molar-refractivity contribution in [2.75, 3.05) is 6.54 Å². The number of likely N-dealkylation sites (tertiary alicyclic amines) is 1. The van der Waals surface area contributed by atoms with Gasteiger partial charge in [0.15, 0.2) is 0 Å². The van der Waals surface area contributed by atoms with Crippen molar-refractivity contribution in [2.45, 2.75) is 82.6 Å². The predicted octanol–water partition coefficient (Wildman–Crippen LogP) is 5.23. The molecular formula is C28H35F3N4O2. The highest BCUT2D eigenvalue weighted by atomic mass is 19.4. The number of rotatable bonds is 6. The number of amides is 2. The molecule has 2 fully saturated rings. The maximum atomic E-state index is 13.9. The maximum absolute atomic E-state index is 13.9. The lowest BCUT2D eigenvalue weighted by Gasteiger charge is -2.36. The summed E-state index contributed by atoms with van der Waals surface area (Å²) in [6.45, 7) is 3.74. The van der Waals surface area contributed by atoms with Gasteiger partial charge in [-0.05, 0) is 69.2 Å². The molecule has 4 rings (SSSR count). The molecule has 2 unspecified atom stereocenters. The first kappa shape index (κ1) is 27.1. The number of pyridine rings is 1. The smallest absolute Gasteiger partial charge is 0.342 e. The number of halogens is 3. The number of hydrogen-bond acceptors (Lipinski definition) is 4. The van der Waals surface area contributed by atoms with E-state index in [1.165, 1.54) is 18.3 Å². The monoisotopic (exact) mass is 516 g/mol. The topological polar surface area (TPSA) is 88.3 Å². The van der Waals surface area contributed by atoms with Crippen LogP contribution >= 0.6 is 0 Å². The second-order valence-electron chi connectivity index (χ2n) is 10.8. The van der Waals surface area contributed by atoms with E-state index in [2.05, 4.69) is 10.3 Å². The average Bonchev–Trinajstić information content (AvgIpc) is 3.36. The molecule has 1 aromatic heterocycles. The molecule has 200 valence electrons. The largest absolute Gasteiger partial charge is 0.417 e. The van der Waals surface area contributed by atoms with E-state index in [-0.39, 0.29) is 35.0 Å². The van der Waals surface area contributed by atoms with Gasteiger partial charge in [0.1, 0.15) is 6.04 Å².